The number of hydrogen-bond donors (Lipinski definition) is 1. The van der Waals surface area contributed by atoms with Gasteiger partial charge >= 0.3 is 0 Å². The highest BCUT2D eigenvalue weighted by molar-refractivity contribution is 5.76. The van der Waals surface area contributed by atoms with Gasteiger partial charge in [0, 0.05) is 12.5 Å². The molecule has 0 aliphatic rings. The monoisotopic (exact) mass is 158 g/mol. The molecule has 0 aromatic carbocycles. The Balaban J connectivity index is 3.71. The Morgan fingerprint density at radius 2 is 1.91 bits per heavy atom. The maximum Gasteiger partial charge on any atom is 0.221 e. The van der Waals surface area contributed by atoms with Gasteiger partial charge in [0.2, 0.25) is 5.91 Å². The van der Waals surface area contributed by atoms with Crippen molar-refractivity contribution in [3.63, 3.8) is 0 Å². The van der Waals surface area contributed by atoms with Gasteiger partial charge in [-0.15, -0.1) is 0 Å². The van der Waals surface area contributed by atoms with Crippen molar-refractivity contribution >= 4 is 5.91 Å². The van der Waals surface area contributed by atoms with E-state index in [1.807, 2.05) is 6.92 Å². The van der Waals surface area contributed by atoms with E-state index in [4.69, 9.17) is 5.73 Å². The van der Waals surface area contributed by atoms with Crippen LogP contribution in [0.25, 0.3) is 0 Å². The van der Waals surface area contributed by atoms with Crippen LogP contribution in [0, 0.1) is 5.92 Å². The van der Waals surface area contributed by atoms with Crippen LogP contribution in [-0.2, 0) is 4.79 Å². The van der Waals surface area contributed by atoms with E-state index in [1.165, 1.54) is 0 Å². The summed E-state index contributed by atoms with van der Waals surface area (Å²) in [6, 6.07) is 0. The van der Waals surface area contributed by atoms with Crippen molar-refractivity contribution in [2.75, 3.05) is 19.6 Å². The number of amides is 1. The molecule has 0 saturated carbocycles. The van der Waals surface area contributed by atoms with E-state index in [-0.39, 0.29) is 11.8 Å². The number of hydrogen-bond acceptors (Lipinski definition) is 2. The molecule has 2 N–H and O–H groups in total. The number of carbonyl (C=O) groups excluding carboxylic acids is 1. The largest absolute Gasteiger partial charge is 0.369 e. The summed E-state index contributed by atoms with van der Waals surface area (Å²) in [5.74, 6) is -0.244. The van der Waals surface area contributed by atoms with Gasteiger partial charge in [0.1, 0.15) is 0 Å². The number of nitrogens with zero attached hydrogens (tertiary/aromatic N) is 1. The summed E-state index contributed by atoms with van der Waals surface area (Å²) >= 11 is 0. The first kappa shape index (κ1) is 10.4. The Kier molecular flexibility index (Phi) is 4.86. The lowest BCUT2D eigenvalue weighted by atomic mass is 10.1. The van der Waals surface area contributed by atoms with Crippen LogP contribution in [0.2, 0.25) is 0 Å². The second kappa shape index (κ2) is 5.13. The number of rotatable bonds is 5. The Morgan fingerprint density at radius 3 is 2.18 bits per heavy atom. The smallest absolute Gasteiger partial charge is 0.221 e. The van der Waals surface area contributed by atoms with E-state index in [9.17, 15) is 4.79 Å². The van der Waals surface area contributed by atoms with E-state index in [2.05, 4.69) is 18.7 Å². The van der Waals surface area contributed by atoms with Crippen LogP contribution in [0.4, 0.5) is 0 Å². The molecule has 0 bridgehead atoms. The summed E-state index contributed by atoms with van der Waals surface area (Å²) in [6.45, 7) is 8.76. The normalized spacial score (nSPS) is 13.5. The second-order valence-electron chi connectivity index (χ2n) is 2.79. The van der Waals surface area contributed by atoms with E-state index in [0.717, 1.165) is 19.6 Å². The van der Waals surface area contributed by atoms with Crippen molar-refractivity contribution in [1.29, 1.82) is 0 Å². The average Bonchev–Trinajstić information content (AvgIpc) is 1.99. The first-order chi connectivity index (χ1) is 5.11. The Labute approximate surface area is 68.6 Å². The zero-order valence-corrected chi connectivity index (χ0v) is 7.63. The van der Waals surface area contributed by atoms with E-state index in [1.54, 1.807) is 0 Å². The Morgan fingerprint density at radius 1 is 1.45 bits per heavy atom. The molecule has 0 spiro atoms. The van der Waals surface area contributed by atoms with Crippen molar-refractivity contribution in [1.82, 2.24) is 4.90 Å². The van der Waals surface area contributed by atoms with Gasteiger partial charge in [-0.25, -0.2) is 0 Å². The average molecular weight is 158 g/mol. The molecule has 3 nitrogen and oxygen atoms in total. The van der Waals surface area contributed by atoms with Crippen LogP contribution in [0.5, 0.6) is 0 Å². The third-order valence-electron chi connectivity index (χ3n) is 1.91. The molecule has 0 radical (unpaired) electrons. The molecular formula is C8H18N2O. The minimum absolute atomic E-state index is 0.0325. The van der Waals surface area contributed by atoms with Gasteiger partial charge < -0.3 is 10.6 Å². The summed E-state index contributed by atoms with van der Waals surface area (Å²) in [6.07, 6.45) is 0. The van der Waals surface area contributed by atoms with Crippen LogP contribution in [0.3, 0.4) is 0 Å². The molecule has 0 aromatic heterocycles. The highest BCUT2D eigenvalue weighted by Gasteiger charge is 2.11. The summed E-state index contributed by atoms with van der Waals surface area (Å²) in [4.78, 5) is 12.9. The summed E-state index contributed by atoms with van der Waals surface area (Å²) in [5.41, 5.74) is 5.13. The molecule has 0 aliphatic heterocycles. The fourth-order valence-corrected chi connectivity index (χ4v) is 0.959. The maximum atomic E-state index is 10.7. The molecule has 0 saturated heterocycles. The van der Waals surface area contributed by atoms with E-state index in [0.29, 0.717) is 0 Å². The third-order valence-corrected chi connectivity index (χ3v) is 1.91. The van der Waals surface area contributed by atoms with Gasteiger partial charge in [-0.3, -0.25) is 4.79 Å². The summed E-state index contributed by atoms with van der Waals surface area (Å²) in [5, 5.41) is 0. The van der Waals surface area contributed by atoms with Crippen LogP contribution in [0.15, 0.2) is 0 Å². The lowest BCUT2D eigenvalue weighted by Crippen LogP contribution is -2.34. The number of primary amides is 1. The molecule has 0 rings (SSSR count). The molecule has 1 amide bonds. The molecule has 11 heavy (non-hydrogen) atoms. The van der Waals surface area contributed by atoms with Crippen LogP contribution in [-0.4, -0.2) is 30.4 Å². The summed E-state index contributed by atoms with van der Waals surface area (Å²) in [7, 11) is 0. The first-order valence-electron chi connectivity index (χ1n) is 4.13. The number of nitrogens with two attached hydrogens (primary N) is 1. The van der Waals surface area contributed by atoms with Gasteiger partial charge in [0.05, 0.1) is 0 Å². The van der Waals surface area contributed by atoms with Gasteiger partial charge in [-0.05, 0) is 13.1 Å². The standard InChI is InChI=1S/C8H18N2O/c1-4-10(5-2)6-7(3)8(9)11/h7H,4-6H2,1-3H3,(H2,9,11). The molecule has 0 aliphatic carbocycles. The van der Waals surface area contributed by atoms with Crippen molar-refractivity contribution in [3.05, 3.63) is 0 Å². The van der Waals surface area contributed by atoms with Crippen LogP contribution < -0.4 is 5.73 Å². The van der Waals surface area contributed by atoms with E-state index >= 15 is 0 Å². The fraction of sp³-hybridized carbons (Fsp3) is 0.875. The second-order valence-corrected chi connectivity index (χ2v) is 2.79. The van der Waals surface area contributed by atoms with Gasteiger partial charge in [0.25, 0.3) is 0 Å². The quantitative estimate of drug-likeness (QED) is 0.631. The SMILES string of the molecule is CCN(CC)CC(C)C(N)=O. The van der Waals surface area contributed by atoms with Gasteiger partial charge in [0.15, 0.2) is 0 Å². The lowest BCUT2D eigenvalue weighted by molar-refractivity contribution is -0.121. The Hall–Kier alpha value is -0.570. The zero-order valence-electron chi connectivity index (χ0n) is 7.63. The van der Waals surface area contributed by atoms with Crippen LogP contribution in [0.1, 0.15) is 20.8 Å². The van der Waals surface area contributed by atoms with Crippen LogP contribution >= 0.6 is 0 Å². The lowest BCUT2D eigenvalue weighted by Gasteiger charge is -2.20. The topological polar surface area (TPSA) is 46.3 Å². The highest BCUT2D eigenvalue weighted by atomic mass is 16.1. The third kappa shape index (κ3) is 3.98. The van der Waals surface area contributed by atoms with Crippen molar-refractivity contribution in [2.24, 2.45) is 11.7 Å². The number of carbonyl (C=O) groups is 1. The molecular weight excluding hydrogens is 140 g/mol. The van der Waals surface area contributed by atoms with E-state index < -0.39 is 0 Å². The first-order valence-corrected chi connectivity index (χ1v) is 4.13. The molecule has 0 fully saturated rings. The van der Waals surface area contributed by atoms with Gasteiger partial charge in [-0.2, -0.15) is 0 Å². The minimum atomic E-state index is -0.211. The predicted octanol–water partition coefficient (Wildman–Crippen LogP) is 0.450. The summed E-state index contributed by atoms with van der Waals surface area (Å²) < 4.78 is 0. The zero-order chi connectivity index (χ0) is 8.85. The molecule has 0 aromatic rings. The molecule has 66 valence electrons. The minimum Gasteiger partial charge on any atom is -0.369 e. The van der Waals surface area contributed by atoms with Crippen molar-refractivity contribution < 1.29 is 4.79 Å². The van der Waals surface area contributed by atoms with Crippen molar-refractivity contribution in [2.45, 2.75) is 20.8 Å². The van der Waals surface area contributed by atoms with Crippen molar-refractivity contribution in [3.8, 4) is 0 Å². The molecule has 3 heteroatoms. The Bertz CT molecular complexity index is 121. The molecule has 1 atom stereocenters. The van der Waals surface area contributed by atoms with Gasteiger partial charge in [-0.1, -0.05) is 20.8 Å². The molecule has 1 unspecified atom stereocenters. The predicted molar refractivity (Wildman–Crippen MR) is 46.1 cm³/mol. The maximum absolute atomic E-state index is 10.7. The molecule has 0 heterocycles. The highest BCUT2D eigenvalue weighted by Crippen LogP contribution is 1.97. The fourth-order valence-electron chi connectivity index (χ4n) is 0.959.